The molecule has 3 N–H and O–H groups in total. The zero-order valence-corrected chi connectivity index (χ0v) is 11.5. The first-order valence-corrected chi connectivity index (χ1v) is 6.82. The quantitative estimate of drug-likeness (QED) is 0.596. The molecule has 1 aromatic heterocycles. The maximum Gasteiger partial charge on any atom is 0.148 e. The van der Waals surface area contributed by atoms with Crippen LogP contribution < -0.4 is 16.2 Å². The number of aryl methyl sites for hydroxylation is 1. The van der Waals surface area contributed by atoms with E-state index in [0.29, 0.717) is 6.04 Å². The molecule has 5 nitrogen and oxygen atoms in total. The fourth-order valence-corrected chi connectivity index (χ4v) is 2.27. The number of hydrogen-bond donors (Lipinski definition) is 2. The molecule has 5 heteroatoms. The average Bonchev–Trinajstić information content (AvgIpc) is 3.18. The largest absolute Gasteiger partial charge is 0.354 e. The molecule has 1 heterocycles. The minimum Gasteiger partial charge on any atom is -0.354 e. The lowest BCUT2D eigenvalue weighted by Gasteiger charge is -2.24. The highest BCUT2D eigenvalue weighted by atomic mass is 15.3. The van der Waals surface area contributed by atoms with Gasteiger partial charge in [0.05, 0.1) is 0 Å². The van der Waals surface area contributed by atoms with Crippen LogP contribution in [0.5, 0.6) is 0 Å². The van der Waals surface area contributed by atoms with E-state index in [1.54, 1.807) is 0 Å². The van der Waals surface area contributed by atoms with Crippen molar-refractivity contribution in [2.24, 2.45) is 5.84 Å². The molecule has 1 aliphatic rings. The van der Waals surface area contributed by atoms with Gasteiger partial charge in [-0.25, -0.2) is 15.8 Å². The van der Waals surface area contributed by atoms with Gasteiger partial charge in [0.1, 0.15) is 17.5 Å². The molecule has 0 atom stereocenters. The highest BCUT2D eigenvalue weighted by molar-refractivity contribution is 5.59. The lowest BCUT2D eigenvalue weighted by atomic mass is 10.2. The number of nitrogens with one attached hydrogen (secondary N) is 1. The summed E-state index contributed by atoms with van der Waals surface area (Å²) in [5.41, 5.74) is 3.74. The zero-order chi connectivity index (χ0) is 13.1. The van der Waals surface area contributed by atoms with Crippen LogP contribution in [0.1, 0.15) is 44.5 Å². The predicted molar refractivity (Wildman–Crippen MR) is 74.6 cm³/mol. The molecule has 0 radical (unpaired) electrons. The van der Waals surface area contributed by atoms with Gasteiger partial charge in [0.25, 0.3) is 0 Å². The monoisotopic (exact) mass is 249 g/mol. The summed E-state index contributed by atoms with van der Waals surface area (Å²) in [6, 6.07) is 0.656. The molecular weight excluding hydrogens is 226 g/mol. The summed E-state index contributed by atoms with van der Waals surface area (Å²) in [5, 5.41) is 0. The minimum atomic E-state index is 0.656. The maximum absolute atomic E-state index is 5.56. The molecule has 2 rings (SSSR count). The van der Waals surface area contributed by atoms with Crippen LogP contribution in [0.2, 0.25) is 0 Å². The van der Waals surface area contributed by atoms with Crippen molar-refractivity contribution in [2.45, 2.75) is 52.5 Å². The van der Waals surface area contributed by atoms with E-state index < -0.39 is 0 Å². The first kappa shape index (κ1) is 13.1. The Morgan fingerprint density at radius 1 is 1.33 bits per heavy atom. The lowest BCUT2D eigenvalue weighted by molar-refractivity contribution is 0.771. The van der Waals surface area contributed by atoms with Crippen LogP contribution in [-0.2, 0) is 6.42 Å². The van der Waals surface area contributed by atoms with E-state index in [4.69, 9.17) is 10.8 Å². The molecule has 1 aliphatic carbocycles. The van der Waals surface area contributed by atoms with Crippen LogP contribution in [0, 0.1) is 6.92 Å². The second kappa shape index (κ2) is 5.52. The van der Waals surface area contributed by atoms with E-state index in [9.17, 15) is 0 Å². The zero-order valence-electron chi connectivity index (χ0n) is 11.5. The van der Waals surface area contributed by atoms with Crippen molar-refractivity contribution in [3.05, 3.63) is 11.4 Å². The number of aromatic nitrogens is 2. The topological polar surface area (TPSA) is 67.1 Å². The van der Waals surface area contributed by atoms with E-state index in [2.05, 4.69) is 29.2 Å². The van der Waals surface area contributed by atoms with Gasteiger partial charge in [-0.15, -0.1) is 0 Å². The summed E-state index contributed by atoms with van der Waals surface area (Å²) in [6.45, 7) is 7.33. The number of rotatable bonds is 6. The Morgan fingerprint density at radius 3 is 2.56 bits per heavy atom. The van der Waals surface area contributed by atoms with Crippen molar-refractivity contribution < 1.29 is 0 Å². The van der Waals surface area contributed by atoms with E-state index in [0.717, 1.165) is 42.4 Å². The summed E-state index contributed by atoms with van der Waals surface area (Å²) in [5.74, 6) is 8.24. The molecule has 0 bridgehead atoms. The average molecular weight is 249 g/mol. The van der Waals surface area contributed by atoms with Crippen LogP contribution in [0.25, 0.3) is 0 Å². The summed E-state index contributed by atoms with van der Waals surface area (Å²) in [6.07, 6.45) is 4.48. The second-order valence-electron chi connectivity index (χ2n) is 4.85. The third kappa shape index (κ3) is 2.56. The van der Waals surface area contributed by atoms with E-state index in [-0.39, 0.29) is 0 Å². The molecule has 0 saturated heterocycles. The Kier molecular flexibility index (Phi) is 4.01. The fraction of sp³-hybridized carbons (Fsp3) is 0.692. The molecule has 0 spiro atoms. The molecular formula is C13H23N5. The van der Waals surface area contributed by atoms with E-state index in [1.165, 1.54) is 12.8 Å². The standard InChI is InChI=1S/C13H23N5/c1-4-6-11-15-12(17-14)9(3)13(16-11)18(5-2)10-7-8-10/h10H,4-8,14H2,1-3H3,(H,15,16,17). The van der Waals surface area contributed by atoms with Crippen LogP contribution in [0.3, 0.4) is 0 Å². The third-order valence-corrected chi connectivity index (χ3v) is 3.38. The SMILES string of the molecule is CCCc1nc(NN)c(C)c(N(CC)C2CC2)n1. The van der Waals surface area contributed by atoms with Gasteiger partial charge in [0.2, 0.25) is 0 Å². The summed E-state index contributed by atoms with van der Waals surface area (Å²) < 4.78 is 0. The Morgan fingerprint density at radius 2 is 2.06 bits per heavy atom. The van der Waals surface area contributed by atoms with Gasteiger partial charge in [0.15, 0.2) is 0 Å². The molecule has 1 fully saturated rings. The Bertz CT molecular complexity index is 414. The van der Waals surface area contributed by atoms with Crippen LogP contribution in [0.4, 0.5) is 11.6 Å². The molecule has 1 saturated carbocycles. The van der Waals surface area contributed by atoms with Crippen LogP contribution in [0.15, 0.2) is 0 Å². The van der Waals surface area contributed by atoms with Gasteiger partial charge in [0, 0.05) is 24.6 Å². The van der Waals surface area contributed by atoms with Gasteiger partial charge in [-0.05, 0) is 33.1 Å². The Hall–Kier alpha value is -1.36. The second-order valence-corrected chi connectivity index (χ2v) is 4.85. The highest BCUT2D eigenvalue weighted by Crippen LogP contribution is 2.33. The van der Waals surface area contributed by atoms with Crippen molar-refractivity contribution in [1.29, 1.82) is 0 Å². The number of nitrogens with zero attached hydrogens (tertiary/aromatic N) is 3. The van der Waals surface area contributed by atoms with Gasteiger partial charge < -0.3 is 10.3 Å². The van der Waals surface area contributed by atoms with Gasteiger partial charge >= 0.3 is 0 Å². The number of hydrazine groups is 1. The molecule has 18 heavy (non-hydrogen) atoms. The summed E-state index contributed by atoms with van der Waals surface area (Å²) in [4.78, 5) is 11.6. The maximum atomic E-state index is 5.56. The number of nitrogen functional groups attached to an aromatic ring is 1. The van der Waals surface area contributed by atoms with Crippen LogP contribution >= 0.6 is 0 Å². The number of hydrogen-bond acceptors (Lipinski definition) is 5. The molecule has 1 aromatic rings. The minimum absolute atomic E-state index is 0.656. The van der Waals surface area contributed by atoms with Gasteiger partial charge in [-0.2, -0.15) is 0 Å². The number of anilines is 2. The van der Waals surface area contributed by atoms with Crippen molar-refractivity contribution in [3.8, 4) is 0 Å². The molecule has 0 amide bonds. The highest BCUT2D eigenvalue weighted by Gasteiger charge is 2.30. The summed E-state index contributed by atoms with van der Waals surface area (Å²) >= 11 is 0. The predicted octanol–water partition coefficient (Wildman–Crippen LogP) is 2.01. The third-order valence-electron chi connectivity index (χ3n) is 3.38. The lowest BCUT2D eigenvalue weighted by Crippen LogP contribution is -2.28. The van der Waals surface area contributed by atoms with E-state index >= 15 is 0 Å². The van der Waals surface area contributed by atoms with E-state index in [1.807, 2.05) is 6.92 Å². The molecule has 0 aliphatic heterocycles. The first-order chi connectivity index (χ1) is 8.71. The smallest absolute Gasteiger partial charge is 0.148 e. The van der Waals surface area contributed by atoms with Gasteiger partial charge in [-0.3, -0.25) is 0 Å². The Labute approximate surface area is 109 Å². The molecule has 0 aromatic carbocycles. The van der Waals surface area contributed by atoms with Crippen LogP contribution in [-0.4, -0.2) is 22.6 Å². The number of nitrogens with two attached hydrogens (primary N) is 1. The first-order valence-electron chi connectivity index (χ1n) is 6.82. The van der Waals surface area contributed by atoms with Gasteiger partial charge in [-0.1, -0.05) is 6.92 Å². The van der Waals surface area contributed by atoms with Crippen molar-refractivity contribution in [2.75, 3.05) is 16.9 Å². The fourth-order valence-electron chi connectivity index (χ4n) is 2.27. The van der Waals surface area contributed by atoms with Crippen molar-refractivity contribution in [1.82, 2.24) is 9.97 Å². The molecule has 100 valence electrons. The van der Waals surface area contributed by atoms with Crippen molar-refractivity contribution in [3.63, 3.8) is 0 Å². The van der Waals surface area contributed by atoms with Crippen molar-refractivity contribution >= 4 is 11.6 Å². The Balaban J connectivity index is 2.39. The molecule has 0 unspecified atom stereocenters. The summed E-state index contributed by atoms with van der Waals surface area (Å²) in [7, 11) is 0. The normalized spacial score (nSPS) is 14.7.